The molecule has 0 saturated heterocycles. The summed E-state index contributed by atoms with van der Waals surface area (Å²) >= 11 is 12.2. The normalized spacial score (nSPS) is 16.6. The van der Waals surface area contributed by atoms with Gasteiger partial charge < -0.3 is 9.15 Å². The first-order valence-electron chi connectivity index (χ1n) is 5.83. The Morgan fingerprint density at radius 1 is 1.35 bits per heavy atom. The van der Waals surface area contributed by atoms with Crippen molar-refractivity contribution < 1.29 is 18.7 Å². The highest BCUT2D eigenvalue weighted by Gasteiger charge is 2.30. The Morgan fingerprint density at radius 2 is 2.15 bits per heavy atom. The van der Waals surface area contributed by atoms with Crippen molar-refractivity contribution in [3.63, 3.8) is 0 Å². The second-order valence-corrected chi connectivity index (χ2v) is 5.10. The van der Waals surface area contributed by atoms with Crippen molar-refractivity contribution in [1.29, 1.82) is 0 Å². The summed E-state index contributed by atoms with van der Waals surface area (Å²) in [5.74, 6) is 0.179. The molecule has 1 aromatic carbocycles. The topological polar surface area (TPSA) is 56.5 Å². The molecular formula is C14H8Cl2O4. The standard InChI is InChI=1S/C14H8Cl2O4/c15-11-9(13(18)10-2-1-3-19-10)5-7-4-8(6-17)20-14(7)12(11)16/h1-3,5-6,8H,4H2. The molecule has 1 aliphatic heterocycles. The molecule has 102 valence electrons. The zero-order chi connectivity index (χ0) is 14.3. The second kappa shape index (κ2) is 4.96. The van der Waals surface area contributed by atoms with Crippen LogP contribution in [0.1, 0.15) is 21.7 Å². The summed E-state index contributed by atoms with van der Waals surface area (Å²) in [6, 6.07) is 4.75. The lowest BCUT2D eigenvalue weighted by molar-refractivity contribution is -0.113. The SMILES string of the molecule is O=CC1Cc2cc(C(=O)c3ccco3)c(Cl)c(Cl)c2O1. The van der Waals surface area contributed by atoms with Crippen molar-refractivity contribution in [2.45, 2.75) is 12.5 Å². The van der Waals surface area contributed by atoms with Crippen molar-refractivity contribution in [1.82, 2.24) is 0 Å². The number of ketones is 1. The number of carbonyl (C=O) groups is 2. The van der Waals surface area contributed by atoms with Gasteiger partial charge >= 0.3 is 0 Å². The Labute approximate surface area is 124 Å². The van der Waals surface area contributed by atoms with E-state index in [1.165, 1.54) is 6.26 Å². The van der Waals surface area contributed by atoms with E-state index >= 15 is 0 Å². The Balaban J connectivity index is 2.09. The maximum absolute atomic E-state index is 12.3. The molecule has 4 nitrogen and oxygen atoms in total. The average Bonchev–Trinajstić information content (AvgIpc) is 3.10. The van der Waals surface area contributed by atoms with E-state index in [4.69, 9.17) is 32.4 Å². The van der Waals surface area contributed by atoms with Crippen LogP contribution in [0.2, 0.25) is 10.0 Å². The van der Waals surface area contributed by atoms with Gasteiger partial charge in [0.25, 0.3) is 0 Å². The van der Waals surface area contributed by atoms with Gasteiger partial charge in [-0.25, -0.2) is 0 Å². The van der Waals surface area contributed by atoms with Crippen LogP contribution in [0.3, 0.4) is 0 Å². The molecule has 1 atom stereocenters. The number of benzene rings is 1. The van der Waals surface area contributed by atoms with Crippen molar-refractivity contribution >= 4 is 35.3 Å². The highest BCUT2D eigenvalue weighted by Crippen LogP contribution is 2.42. The van der Waals surface area contributed by atoms with Crippen LogP contribution in [0.25, 0.3) is 0 Å². The van der Waals surface area contributed by atoms with Gasteiger partial charge in [-0.05, 0) is 18.2 Å². The van der Waals surface area contributed by atoms with E-state index in [-0.39, 0.29) is 27.2 Å². The number of ether oxygens (including phenoxy) is 1. The lowest BCUT2D eigenvalue weighted by atomic mass is 10.0. The predicted molar refractivity (Wildman–Crippen MR) is 72.8 cm³/mol. The molecule has 2 heterocycles. The van der Waals surface area contributed by atoms with E-state index < -0.39 is 6.10 Å². The van der Waals surface area contributed by atoms with E-state index in [9.17, 15) is 9.59 Å². The van der Waals surface area contributed by atoms with Crippen molar-refractivity contribution in [2.24, 2.45) is 0 Å². The molecule has 1 unspecified atom stereocenters. The van der Waals surface area contributed by atoms with E-state index in [1.807, 2.05) is 0 Å². The van der Waals surface area contributed by atoms with Crippen molar-refractivity contribution in [3.8, 4) is 5.75 Å². The molecule has 1 aliphatic rings. The van der Waals surface area contributed by atoms with Gasteiger partial charge in [0.1, 0.15) is 10.8 Å². The third-order valence-electron chi connectivity index (χ3n) is 3.07. The molecule has 1 aromatic heterocycles. The number of rotatable bonds is 3. The molecule has 0 spiro atoms. The Bertz CT molecular complexity index is 692. The van der Waals surface area contributed by atoms with Crippen LogP contribution in [0.4, 0.5) is 0 Å². The molecule has 3 rings (SSSR count). The predicted octanol–water partition coefficient (Wildman–Crippen LogP) is 3.32. The fourth-order valence-corrected chi connectivity index (χ4v) is 2.63. The highest BCUT2D eigenvalue weighted by atomic mass is 35.5. The summed E-state index contributed by atoms with van der Waals surface area (Å²) in [4.78, 5) is 23.1. The number of aldehydes is 1. The Morgan fingerprint density at radius 3 is 2.80 bits per heavy atom. The molecule has 2 aromatic rings. The molecule has 0 N–H and O–H groups in total. The smallest absolute Gasteiger partial charge is 0.229 e. The van der Waals surface area contributed by atoms with Gasteiger partial charge in [-0.2, -0.15) is 0 Å². The molecule has 0 bridgehead atoms. The minimum absolute atomic E-state index is 0.0957. The first kappa shape index (κ1) is 13.2. The van der Waals surface area contributed by atoms with Crippen LogP contribution in [0.15, 0.2) is 28.9 Å². The summed E-state index contributed by atoms with van der Waals surface area (Å²) in [5, 5.41) is 0.238. The Hall–Kier alpha value is -1.78. The van der Waals surface area contributed by atoms with Gasteiger partial charge in [-0.15, -0.1) is 0 Å². The van der Waals surface area contributed by atoms with E-state index in [0.717, 1.165) is 0 Å². The monoisotopic (exact) mass is 310 g/mol. The molecule has 0 saturated carbocycles. The lowest BCUT2D eigenvalue weighted by Crippen LogP contribution is -2.13. The van der Waals surface area contributed by atoms with Crippen LogP contribution in [-0.4, -0.2) is 18.2 Å². The van der Waals surface area contributed by atoms with E-state index in [2.05, 4.69) is 0 Å². The molecule has 20 heavy (non-hydrogen) atoms. The van der Waals surface area contributed by atoms with Gasteiger partial charge in [0.2, 0.25) is 5.78 Å². The number of hydrogen-bond acceptors (Lipinski definition) is 4. The van der Waals surface area contributed by atoms with Gasteiger partial charge in [0.15, 0.2) is 18.2 Å². The maximum atomic E-state index is 12.3. The van der Waals surface area contributed by atoms with Crippen LogP contribution < -0.4 is 4.74 Å². The number of fused-ring (bicyclic) bond motifs is 1. The first-order valence-corrected chi connectivity index (χ1v) is 6.58. The molecule has 0 radical (unpaired) electrons. The van der Waals surface area contributed by atoms with E-state index in [0.29, 0.717) is 24.0 Å². The van der Waals surface area contributed by atoms with E-state index in [1.54, 1.807) is 18.2 Å². The third-order valence-corrected chi connectivity index (χ3v) is 3.92. The summed E-state index contributed by atoms with van der Waals surface area (Å²) in [5.41, 5.74) is 0.923. The highest BCUT2D eigenvalue weighted by molar-refractivity contribution is 6.45. The third kappa shape index (κ3) is 2.01. The minimum atomic E-state index is -0.590. The van der Waals surface area contributed by atoms with Crippen LogP contribution in [-0.2, 0) is 11.2 Å². The van der Waals surface area contributed by atoms with Gasteiger partial charge in [-0.3, -0.25) is 9.59 Å². The largest absolute Gasteiger partial charge is 0.481 e. The molecule has 6 heteroatoms. The summed E-state index contributed by atoms with van der Waals surface area (Å²) in [6.45, 7) is 0. The molecule has 0 amide bonds. The van der Waals surface area contributed by atoms with Crippen LogP contribution >= 0.6 is 23.2 Å². The Kier molecular flexibility index (Phi) is 3.28. The van der Waals surface area contributed by atoms with Crippen LogP contribution in [0, 0.1) is 0 Å². The van der Waals surface area contributed by atoms with Crippen molar-refractivity contribution in [2.75, 3.05) is 0 Å². The lowest BCUT2D eigenvalue weighted by Gasteiger charge is -2.08. The summed E-state index contributed by atoms with van der Waals surface area (Å²) in [6.07, 6.45) is 1.88. The fraction of sp³-hybridized carbons (Fsp3) is 0.143. The number of carbonyl (C=O) groups excluding carboxylic acids is 2. The number of hydrogen-bond donors (Lipinski definition) is 0. The number of halogens is 2. The van der Waals surface area contributed by atoms with Gasteiger partial charge in [-0.1, -0.05) is 23.2 Å². The maximum Gasteiger partial charge on any atom is 0.229 e. The minimum Gasteiger partial charge on any atom is -0.481 e. The second-order valence-electron chi connectivity index (χ2n) is 4.34. The molecular weight excluding hydrogens is 303 g/mol. The summed E-state index contributed by atoms with van der Waals surface area (Å²) in [7, 11) is 0. The zero-order valence-electron chi connectivity index (χ0n) is 10.1. The van der Waals surface area contributed by atoms with Crippen molar-refractivity contribution in [3.05, 3.63) is 51.4 Å². The van der Waals surface area contributed by atoms with Gasteiger partial charge in [0, 0.05) is 17.5 Å². The van der Waals surface area contributed by atoms with Gasteiger partial charge in [0.05, 0.1) is 11.3 Å². The fourth-order valence-electron chi connectivity index (χ4n) is 2.13. The molecule has 0 fully saturated rings. The zero-order valence-corrected chi connectivity index (χ0v) is 11.6. The number of furan rings is 1. The first-order chi connectivity index (χ1) is 9.61. The average molecular weight is 311 g/mol. The van der Waals surface area contributed by atoms with Crippen LogP contribution in [0.5, 0.6) is 5.75 Å². The molecule has 0 aliphatic carbocycles. The summed E-state index contributed by atoms with van der Waals surface area (Å²) < 4.78 is 10.4. The quantitative estimate of drug-likeness (QED) is 0.644.